The van der Waals surface area contributed by atoms with Crippen molar-refractivity contribution in [2.24, 2.45) is 0 Å². The zero-order valence-electron chi connectivity index (χ0n) is 71.8. The van der Waals surface area contributed by atoms with Gasteiger partial charge < -0.3 is 38.4 Å². The minimum Gasteiger partial charge on any atom is -0.456 e. The first-order valence-corrected chi connectivity index (χ1v) is 44.5. The summed E-state index contributed by atoms with van der Waals surface area (Å²) in [4.78, 5) is 0. The first kappa shape index (κ1) is 75.8. The Hall–Kier alpha value is -16.7. The van der Waals surface area contributed by atoms with Crippen molar-refractivity contribution in [3.8, 4) is 67.1 Å². The molecule has 0 unspecified atom stereocenters. The summed E-state index contributed by atoms with van der Waals surface area (Å²) < 4.78 is 32.2. The van der Waals surface area contributed by atoms with Gasteiger partial charge in [-0.25, -0.2) is 0 Å². The fraction of sp³-hybridized carbons (Fsp3) is 0.0492. The van der Waals surface area contributed by atoms with Crippen LogP contribution in [-0.2, 0) is 10.8 Å². The van der Waals surface area contributed by atoms with Crippen LogP contribution in [0, 0.1) is 0 Å². The molecule has 21 aromatic carbocycles. The van der Waals surface area contributed by atoms with Crippen molar-refractivity contribution in [3.05, 3.63) is 435 Å². The third-order valence-electron chi connectivity index (χ3n) is 27.1. The predicted molar refractivity (Wildman–Crippen MR) is 543 cm³/mol. The van der Waals surface area contributed by atoms with E-state index in [1.165, 1.54) is 82.0 Å². The van der Waals surface area contributed by atoms with Crippen LogP contribution in [-0.4, -0.2) is 0 Å². The van der Waals surface area contributed by atoms with Gasteiger partial charge in [0, 0.05) is 105 Å². The van der Waals surface area contributed by atoms with Crippen LogP contribution in [0.2, 0.25) is 0 Å². The molecule has 2 aliphatic rings. The topological polar surface area (TPSA) is 97.9 Å². The van der Waals surface area contributed by atoms with E-state index in [-0.39, 0.29) is 10.8 Å². The molecule has 1 aliphatic heterocycles. The van der Waals surface area contributed by atoms with Crippen molar-refractivity contribution in [1.29, 1.82) is 0 Å². The first-order chi connectivity index (χ1) is 63.9. The summed E-state index contributed by atoms with van der Waals surface area (Å²) in [5.74, 6) is 1.86. The summed E-state index contributed by atoms with van der Waals surface area (Å²) in [6.07, 6.45) is 0. The molecule has 5 heterocycles. The second-order valence-electron chi connectivity index (χ2n) is 35.6. The Labute approximate surface area is 749 Å². The Balaban J connectivity index is 0.000000106. The summed E-state index contributed by atoms with van der Waals surface area (Å²) >= 11 is 0. The van der Waals surface area contributed by atoms with Gasteiger partial charge in [-0.3, -0.25) is 0 Å². The molecule has 0 saturated heterocycles. The van der Waals surface area contributed by atoms with E-state index in [1.807, 2.05) is 60.7 Å². The van der Waals surface area contributed by atoms with Crippen LogP contribution in [0.5, 0.6) is 11.5 Å². The molecule has 0 bridgehead atoms. The number of nitrogens with one attached hydrogen (secondary N) is 3. The molecule has 25 aromatic rings. The minimum absolute atomic E-state index is 0.0826. The molecule has 27 rings (SSSR count). The monoisotopic (exact) mass is 1670 g/mol. The van der Waals surface area contributed by atoms with Crippen LogP contribution in [0.25, 0.3) is 197 Å². The number of anilines is 6. The van der Waals surface area contributed by atoms with Gasteiger partial charge >= 0.3 is 0 Å². The molecular weight excluding hydrogens is 1590 g/mol. The van der Waals surface area contributed by atoms with Crippen molar-refractivity contribution < 1.29 is 22.4 Å². The van der Waals surface area contributed by atoms with Gasteiger partial charge in [0.25, 0.3) is 0 Å². The number of para-hydroxylation sites is 5. The van der Waals surface area contributed by atoms with Crippen LogP contribution >= 0.6 is 0 Å². The van der Waals surface area contributed by atoms with E-state index in [1.54, 1.807) is 0 Å². The van der Waals surface area contributed by atoms with Crippen LogP contribution in [0.4, 0.5) is 34.1 Å². The first-order valence-electron chi connectivity index (χ1n) is 44.5. The lowest BCUT2D eigenvalue weighted by atomic mass is 9.75. The SMILES string of the molecule is CC1(C)c2cc(-c3ccc(Nc4cc(-c5cccc6ccccc56)c5oc6ccccc6c5c4)cc3)ccc2-c2ccc3ccccc3c21.CC1(C)c2cc(Nc3cc(-c4ccc5ccccc5c4)c4oc5ccccc5c4c3)ccc2Oc2c1ccc1ccccc21.c1ccc(Nc2cc(-c3cccc4cc5c(cc34)oc3ccccc35)cc3oc4ccccc4c23)cc1. The highest BCUT2D eigenvalue weighted by Crippen LogP contribution is 2.55. The van der Waals surface area contributed by atoms with Crippen molar-refractivity contribution in [3.63, 3.8) is 0 Å². The van der Waals surface area contributed by atoms with E-state index in [0.717, 1.165) is 183 Å². The number of rotatable bonds is 10. The normalized spacial score (nSPS) is 13.0. The zero-order chi connectivity index (χ0) is 86.5. The number of hydrogen-bond donors (Lipinski definition) is 3. The zero-order valence-corrected chi connectivity index (χ0v) is 71.8. The van der Waals surface area contributed by atoms with Crippen molar-refractivity contribution in [1.82, 2.24) is 0 Å². The third kappa shape index (κ3) is 12.7. The van der Waals surface area contributed by atoms with E-state index in [2.05, 4.69) is 395 Å². The highest BCUT2D eigenvalue weighted by Gasteiger charge is 2.38. The van der Waals surface area contributed by atoms with E-state index in [0.29, 0.717) is 0 Å². The fourth-order valence-electron chi connectivity index (χ4n) is 20.7. The lowest BCUT2D eigenvalue weighted by molar-refractivity contribution is 0.423. The molecule has 4 aromatic heterocycles. The number of ether oxygens (including phenoxy) is 1. The van der Waals surface area contributed by atoms with Crippen molar-refractivity contribution in [2.75, 3.05) is 16.0 Å². The lowest BCUT2D eigenvalue weighted by Gasteiger charge is -2.35. The molecule has 8 nitrogen and oxygen atoms in total. The molecule has 0 atom stereocenters. The van der Waals surface area contributed by atoms with Crippen molar-refractivity contribution >= 4 is 176 Å². The molecule has 0 fully saturated rings. The second-order valence-corrected chi connectivity index (χ2v) is 35.6. The molecule has 130 heavy (non-hydrogen) atoms. The van der Waals surface area contributed by atoms with Gasteiger partial charge in [-0.2, -0.15) is 0 Å². The molecule has 1 aliphatic carbocycles. The molecule has 0 spiro atoms. The van der Waals surface area contributed by atoms with Gasteiger partial charge in [0.15, 0.2) is 0 Å². The van der Waals surface area contributed by atoms with Gasteiger partial charge in [0.05, 0.1) is 11.1 Å². The Morgan fingerprint density at radius 2 is 0.723 bits per heavy atom. The van der Waals surface area contributed by atoms with Crippen molar-refractivity contribution in [2.45, 2.75) is 38.5 Å². The van der Waals surface area contributed by atoms with Gasteiger partial charge in [-0.05, 0) is 232 Å². The summed E-state index contributed by atoms with van der Waals surface area (Å²) in [6.45, 7) is 9.31. The van der Waals surface area contributed by atoms with E-state index < -0.39 is 0 Å². The average molecular weight is 1670 g/mol. The van der Waals surface area contributed by atoms with Gasteiger partial charge in [0.2, 0.25) is 0 Å². The number of benzene rings is 21. The summed E-state index contributed by atoms with van der Waals surface area (Å²) in [5, 5.41) is 32.2. The van der Waals surface area contributed by atoms with Crippen LogP contribution < -0.4 is 20.7 Å². The maximum atomic E-state index is 6.60. The average Bonchev–Trinajstić information content (AvgIpc) is 1.33. The highest BCUT2D eigenvalue weighted by molar-refractivity contribution is 6.18. The van der Waals surface area contributed by atoms with Crippen LogP contribution in [0.15, 0.2) is 430 Å². The molecule has 0 saturated carbocycles. The Morgan fingerprint density at radius 3 is 1.45 bits per heavy atom. The maximum Gasteiger partial charge on any atom is 0.143 e. The third-order valence-corrected chi connectivity index (χ3v) is 27.1. The van der Waals surface area contributed by atoms with E-state index >= 15 is 0 Å². The molecule has 0 radical (unpaired) electrons. The lowest BCUT2D eigenvalue weighted by Crippen LogP contribution is -2.24. The quantitative estimate of drug-likeness (QED) is 0.125. The molecular formula is C122H83N3O5. The largest absolute Gasteiger partial charge is 0.456 e. The standard InChI is InChI=1S/C47H33NO.C41H29NO2.C34H21NO2/c1-47(2)43-26-32(21-24-38(43)40-25-20-31-11-4-6-14-36(31)45(40)47)29-18-22-33(23-19-29)48-34-27-41(37-16-9-12-30-10-3-5-13-35(30)37)46-42(28-34)39-15-7-8-17-44(39)49-46;1-41(2)35-19-17-26-10-5-6-12-31(26)40(35)44-38-20-18-29(24-36(38)41)42-30-22-33(28-16-15-25-9-3-4-11-27(25)21-28)39-34(23-30)32-13-7-8-14-37(32)43-39;1-2-10-23(11-3-1)35-29-18-22(19-33-34(29)26-13-5-7-16-31(26)37-33)24-14-8-9-21-17-28-25-12-4-6-15-30(25)36-32(28)20-27(21)24/h3-28,48H,1-2H3;3-24,42H,1-2H3;1-20,35H. The Bertz CT molecular complexity index is 8950. The fourth-order valence-corrected chi connectivity index (χ4v) is 20.7. The highest BCUT2D eigenvalue weighted by atomic mass is 16.5. The van der Waals surface area contributed by atoms with Crippen LogP contribution in [0.3, 0.4) is 0 Å². The molecule has 3 N–H and O–H groups in total. The molecule has 0 amide bonds. The van der Waals surface area contributed by atoms with Crippen LogP contribution in [0.1, 0.15) is 49.9 Å². The summed E-state index contributed by atoms with van der Waals surface area (Å²) in [6, 6.07) is 146. The summed E-state index contributed by atoms with van der Waals surface area (Å²) in [7, 11) is 0. The molecule has 616 valence electrons. The summed E-state index contributed by atoms with van der Waals surface area (Å²) in [5.41, 5.74) is 30.0. The predicted octanol–water partition coefficient (Wildman–Crippen LogP) is 35.1. The van der Waals surface area contributed by atoms with Gasteiger partial charge in [-0.1, -0.05) is 313 Å². The van der Waals surface area contributed by atoms with Gasteiger partial charge in [-0.15, -0.1) is 0 Å². The smallest absolute Gasteiger partial charge is 0.143 e. The minimum atomic E-state index is -0.231. The van der Waals surface area contributed by atoms with E-state index in [4.69, 9.17) is 22.4 Å². The maximum absolute atomic E-state index is 6.60. The number of fused-ring (bicyclic) bond motifs is 24. The second kappa shape index (κ2) is 30.0. The molecule has 8 heteroatoms. The number of furan rings is 4. The Morgan fingerprint density at radius 1 is 0.208 bits per heavy atom. The number of hydrogen-bond acceptors (Lipinski definition) is 8. The Kier molecular flexibility index (Phi) is 17.5. The van der Waals surface area contributed by atoms with E-state index in [9.17, 15) is 0 Å². The van der Waals surface area contributed by atoms with Gasteiger partial charge in [0.1, 0.15) is 56.2 Å².